The van der Waals surface area contributed by atoms with Gasteiger partial charge in [0.1, 0.15) is 18.2 Å². The van der Waals surface area contributed by atoms with Gasteiger partial charge in [0.15, 0.2) is 11.6 Å². The molecule has 2 rings (SSSR count). The SMILES string of the molecule is COc1ccc(COc2cc(F)ccc2[C@H](C)O)cc1F. The zero-order chi connectivity index (χ0) is 15.4. The Balaban J connectivity index is 2.16. The Kier molecular flexibility index (Phi) is 4.75. The highest BCUT2D eigenvalue weighted by Crippen LogP contribution is 2.27. The van der Waals surface area contributed by atoms with Gasteiger partial charge in [-0.25, -0.2) is 8.78 Å². The Bertz CT molecular complexity index is 627. The summed E-state index contributed by atoms with van der Waals surface area (Å²) in [4.78, 5) is 0. The van der Waals surface area contributed by atoms with E-state index in [0.717, 1.165) is 0 Å². The van der Waals surface area contributed by atoms with Crippen LogP contribution in [0.25, 0.3) is 0 Å². The highest BCUT2D eigenvalue weighted by atomic mass is 19.1. The van der Waals surface area contributed by atoms with Crippen LogP contribution in [-0.4, -0.2) is 12.2 Å². The van der Waals surface area contributed by atoms with E-state index >= 15 is 0 Å². The smallest absolute Gasteiger partial charge is 0.165 e. The molecule has 0 aromatic heterocycles. The van der Waals surface area contributed by atoms with Gasteiger partial charge >= 0.3 is 0 Å². The number of hydrogen-bond donors (Lipinski definition) is 1. The summed E-state index contributed by atoms with van der Waals surface area (Å²) in [5.74, 6) is -0.570. The quantitative estimate of drug-likeness (QED) is 0.915. The van der Waals surface area contributed by atoms with Crippen molar-refractivity contribution in [1.29, 1.82) is 0 Å². The average Bonchev–Trinajstić information content (AvgIpc) is 2.45. The Morgan fingerprint density at radius 3 is 2.48 bits per heavy atom. The van der Waals surface area contributed by atoms with E-state index in [1.165, 1.54) is 37.4 Å². The van der Waals surface area contributed by atoms with E-state index in [-0.39, 0.29) is 18.1 Å². The molecule has 0 spiro atoms. The van der Waals surface area contributed by atoms with E-state index in [1.54, 1.807) is 13.0 Å². The fourth-order valence-corrected chi connectivity index (χ4v) is 1.94. The lowest BCUT2D eigenvalue weighted by atomic mass is 10.1. The molecule has 0 saturated carbocycles. The maximum absolute atomic E-state index is 13.6. The van der Waals surface area contributed by atoms with Crippen LogP contribution in [0.5, 0.6) is 11.5 Å². The topological polar surface area (TPSA) is 38.7 Å². The molecule has 0 saturated heterocycles. The van der Waals surface area contributed by atoms with E-state index in [9.17, 15) is 13.9 Å². The lowest BCUT2D eigenvalue weighted by Crippen LogP contribution is -2.02. The Morgan fingerprint density at radius 1 is 1.10 bits per heavy atom. The molecule has 5 heteroatoms. The first kappa shape index (κ1) is 15.3. The number of rotatable bonds is 5. The Hall–Kier alpha value is -2.14. The minimum atomic E-state index is -0.784. The van der Waals surface area contributed by atoms with Crippen molar-refractivity contribution in [2.24, 2.45) is 0 Å². The third-order valence-electron chi connectivity index (χ3n) is 3.04. The van der Waals surface area contributed by atoms with Crippen molar-refractivity contribution in [3.8, 4) is 11.5 Å². The molecule has 0 aliphatic rings. The molecule has 0 radical (unpaired) electrons. The lowest BCUT2D eigenvalue weighted by Gasteiger charge is -2.14. The molecular weight excluding hydrogens is 278 g/mol. The van der Waals surface area contributed by atoms with Crippen molar-refractivity contribution in [1.82, 2.24) is 0 Å². The molecule has 0 aliphatic carbocycles. The van der Waals surface area contributed by atoms with Gasteiger partial charge in [-0.1, -0.05) is 6.07 Å². The zero-order valence-corrected chi connectivity index (χ0v) is 11.8. The molecular formula is C16H16F2O3. The van der Waals surface area contributed by atoms with Gasteiger partial charge in [0.05, 0.1) is 13.2 Å². The maximum atomic E-state index is 13.6. The summed E-state index contributed by atoms with van der Waals surface area (Å²) in [6, 6.07) is 8.35. The summed E-state index contributed by atoms with van der Waals surface area (Å²) in [7, 11) is 1.39. The molecule has 0 aliphatic heterocycles. The molecule has 2 aromatic carbocycles. The Labute approximate surface area is 121 Å². The van der Waals surface area contributed by atoms with Crippen LogP contribution in [0.3, 0.4) is 0 Å². The molecule has 0 fully saturated rings. The summed E-state index contributed by atoms with van der Waals surface area (Å²) in [5, 5.41) is 9.63. The number of halogens is 2. The molecule has 0 bridgehead atoms. The molecule has 0 heterocycles. The van der Waals surface area contributed by atoms with Gasteiger partial charge in [-0.05, 0) is 36.8 Å². The second kappa shape index (κ2) is 6.54. The van der Waals surface area contributed by atoms with Gasteiger partial charge in [0, 0.05) is 11.6 Å². The molecule has 2 aromatic rings. The van der Waals surface area contributed by atoms with Crippen molar-refractivity contribution >= 4 is 0 Å². The number of benzene rings is 2. The van der Waals surface area contributed by atoms with Gasteiger partial charge in [-0.3, -0.25) is 0 Å². The number of methoxy groups -OCH3 is 1. The van der Waals surface area contributed by atoms with Crippen LogP contribution in [0, 0.1) is 11.6 Å². The number of aliphatic hydroxyl groups is 1. The molecule has 21 heavy (non-hydrogen) atoms. The maximum Gasteiger partial charge on any atom is 0.165 e. The first-order chi connectivity index (χ1) is 10.0. The fraction of sp³-hybridized carbons (Fsp3) is 0.250. The lowest BCUT2D eigenvalue weighted by molar-refractivity contribution is 0.189. The average molecular weight is 294 g/mol. The summed E-state index contributed by atoms with van der Waals surface area (Å²) >= 11 is 0. The third-order valence-corrected chi connectivity index (χ3v) is 3.04. The van der Waals surface area contributed by atoms with Crippen molar-refractivity contribution in [2.45, 2.75) is 19.6 Å². The summed E-state index contributed by atoms with van der Waals surface area (Å²) in [5.41, 5.74) is 1.06. The first-order valence-corrected chi connectivity index (χ1v) is 6.44. The molecule has 1 N–H and O–H groups in total. The highest BCUT2D eigenvalue weighted by Gasteiger charge is 2.11. The van der Waals surface area contributed by atoms with Gasteiger partial charge in [0.2, 0.25) is 0 Å². The molecule has 1 atom stereocenters. The van der Waals surface area contributed by atoms with Crippen LogP contribution in [0.15, 0.2) is 36.4 Å². The van der Waals surface area contributed by atoms with Crippen LogP contribution >= 0.6 is 0 Å². The minimum absolute atomic E-state index is 0.0596. The standard InChI is InChI=1S/C16H16F2O3/c1-10(19)13-5-4-12(17)8-16(13)21-9-11-3-6-15(20-2)14(18)7-11/h3-8,10,19H,9H2,1-2H3/t10-/m0/s1. The first-order valence-electron chi connectivity index (χ1n) is 6.44. The molecule has 3 nitrogen and oxygen atoms in total. The summed E-state index contributed by atoms with van der Waals surface area (Å²) in [6.45, 7) is 1.62. The van der Waals surface area contributed by atoms with Gasteiger partial charge in [0.25, 0.3) is 0 Å². The van der Waals surface area contributed by atoms with Crippen molar-refractivity contribution in [3.05, 3.63) is 59.2 Å². The predicted molar refractivity (Wildman–Crippen MR) is 74.3 cm³/mol. The fourth-order valence-electron chi connectivity index (χ4n) is 1.94. The monoisotopic (exact) mass is 294 g/mol. The van der Waals surface area contributed by atoms with Gasteiger partial charge in [-0.2, -0.15) is 0 Å². The van der Waals surface area contributed by atoms with E-state index in [0.29, 0.717) is 11.1 Å². The van der Waals surface area contributed by atoms with E-state index in [1.807, 2.05) is 0 Å². The third kappa shape index (κ3) is 3.70. The number of hydrogen-bond acceptors (Lipinski definition) is 3. The number of aliphatic hydroxyl groups excluding tert-OH is 1. The van der Waals surface area contributed by atoms with Crippen LogP contribution in [0.4, 0.5) is 8.78 Å². The van der Waals surface area contributed by atoms with E-state index in [2.05, 4.69) is 0 Å². The molecule has 0 amide bonds. The number of ether oxygens (including phenoxy) is 2. The van der Waals surface area contributed by atoms with Gasteiger partial charge < -0.3 is 14.6 Å². The predicted octanol–water partition coefficient (Wildman–Crippen LogP) is 3.61. The van der Waals surface area contributed by atoms with Crippen LogP contribution in [0.1, 0.15) is 24.2 Å². The summed E-state index contributed by atoms with van der Waals surface area (Å²) < 4.78 is 37.1. The second-order valence-corrected chi connectivity index (χ2v) is 4.62. The van der Waals surface area contributed by atoms with Crippen molar-refractivity contribution < 1.29 is 23.4 Å². The van der Waals surface area contributed by atoms with Crippen molar-refractivity contribution in [3.63, 3.8) is 0 Å². The highest BCUT2D eigenvalue weighted by molar-refractivity contribution is 5.36. The van der Waals surface area contributed by atoms with E-state index in [4.69, 9.17) is 9.47 Å². The van der Waals surface area contributed by atoms with Crippen LogP contribution in [0.2, 0.25) is 0 Å². The Morgan fingerprint density at radius 2 is 1.86 bits per heavy atom. The molecule has 112 valence electrons. The minimum Gasteiger partial charge on any atom is -0.494 e. The summed E-state index contributed by atoms with van der Waals surface area (Å²) in [6.07, 6.45) is -0.784. The van der Waals surface area contributed by atoms with E-state index < -0.39 is 17.7 Å². The van der Waals surface area contributed by atoms with Crippen LogP contribution < -0.4 is 9.47 Å². The largest absolute Gasteiger partial charge is 0.494 e. The van der Waals surface area contributed by atoms with Gasteiger partial charge in [-0.15, -0.1) is 0 Å². The normalized spacial score (nSPS) is 12.0. The molecule has 0 unspecified atom stereocenters. The second-order valence-electron chi connectivity index (χ2n) is 4.62. The van der Waals surface area contributed by atoms with Crippen molar-refractivity contribution in [2.75, 3.05) is 7.11 Å². The zero-order valence-electron chi connectivity index (χ0n) is 11.8. The van der Waals surface area contributed by atoms with Crippen LogP contribution in [-0.2, 0) is 6.61 Å².